The van der Waals surface area contributed by atoms with Crippen molar-refractivity contribution in [2.75, 3.05) is 6.54 Å². The van der Waals surface area contributed by atoms with E-state index in [9.17, 15) is 18.0 Å². The molecule has 1 aromatic heterocycles. The van der Waals surface area contributed by atoms with Crippen molar-refractivity contribution in [2.45, 2.75) is 24.5 Å². The zero-order valence-corrected chi connectivity index (χ0v) is 15.3. The van der Waals surface area contributed by atoms with Crippen LogP contribution in [0.4, 0.5) is 0 Å². The number of hydrogen-bond acceptors (Lipinski definition) is 6. The summed E-state index contributed by atoms with van der Waals surface area (Å²) in [6.07, 6.45) is 5.47. The average Bonchev–Trinajstić information content (AvgIpc) is 3.18. The lowest BCUT2D eigenvalue weighted by atomic mass is 10.2. The third kappa shape index (κ3) is 5.70. The minimum Gasteiger partial charge on any atom is -0.467 e. The lowest BCUT2D eigenvalue weighted by Gasteiger charge is -2.13. The number of ether oxygens (including phenoxy) is 1. The van der Waals surface area contributed by atoms with Crippen molar-refractivity contribution < 1.29 is 27.2 Å². The average molecular weight is 390 g/mol. The van der Waals surface area contributed by atoms with Gasteiger partial charge in [0.1, 0.15) is 5.76 Å². The molecule has 9 heteroatoms. The van der Waals surface area contributed by atoms with Gasteiger partial charge in [0, 0.05) is 0 Å². The molecule has 0 aliphatic rings. The molecule has 0 aliphatic heterocycles. The number of carbonyl (C=O) groups is 2. The molecule has 142 valence electrons. The van der Waals surface area contributed by atoms with Crippen molar-refractivity contribution >= 4 is 21.9 Å². The first-order valence-corrected chi connectivity index (χ1v) is 9.36. The van der Waals surface area contributed by atoms with Crippen molar-refractivity contribution in [3.8, 4) is 12.3 Å². The lowest BCUT2D eigenvalue weighted by Crippen LogP contribution is -2.35. The fourth-order valence-corrected chi connectivity index (χ4v) is 2.94. The molecular weight excluding hydrogens is 372 g/mol. The number of carbonyl (C=O) groups excluding carboxylic acids is 2. The highest BCUT2D eigenvalue weighted by Gasteiger charge is 2.20. The maximum Gasteiger partial charge on any atom is 0.338 e. The van der Waals surface area contributed by atoms with E-state index < -0.39 is 28.0 Å². The fourth-order valence-electron chi connectivity index (χ4n) is 2.00. The molecule has 2 N–H and O–H groups in total. The quantitative estimate of drug-likeness (QED) is 0.514. The highest BCUT2D eigenvalue weighted by molar-refractivity contribution is 7.89. The second-order valence-electron chi connectivity index (χ2n) is 5.40. The number of benzene rings is 1. The van der Waals surface area contributed by atoms with Crippen LogP contribution in [0.1, 0.15) is 23.0 Å². The standard InChI is InChI=1S/C18H18N2O6S/c1-3-10-20-27(23,24)16-8-6-14(7-9-16)18(22)26-13(2)17(21)19-12-15-5-4-11-25-15/h1,4-9,11,13,20H,10,12H2,2H3,(H,19,21). The number of esters is 1. The molecule has 0 fully saturated rings. The van der Waals surface area contributed by atoms with Crippen molar-refractivity contribution in [3.05, 3.63) is 54.0 Å². The Labute approximate surface area is 156 Å². The SMILES string of the molecule is C#CCNS(=O)(=O)c1ccc(C(=O)OC(C)C(=O)NCc2ccco2)cc1. The van der Waals surface area contributed by atoms with E-state index in [-0.39, 0.29) is 23.5 Å². The van der Waals surface area contributed by atoms with E-state index in [1.54, 1.807) is 12.1 Å². The van der Waals surface area contributed by atoms with Gasteiger partial charge in [0.2, 0.25) is 10.0 Å². The van der Waals surface area contributed by atoms with Crippen molar-refractivity contribution in [1.82, 2.24) is 10.0 Å². The second kappa shape index (κ2) is 9.02. The van der Waals surface area contributed by atoms with Gasteiger partial charge in [-0.1, -0.05) is 5.92 Å². The molecule has 0 saturated heterocycles. The van der Waals surface area contributed by atoms with Crippen LogP contribution in [0.15, 0.2) is 52.0 Å². The second-order valence-corrected chi connectivity index (χ2v) is 7.16. The van der Waals surface area contributed by atoms with Gasteiger partial charge in [-0.15, -0.1) is 6.42 Å². The van der Waals surface area contributed by atoms with Crippen LogP contribution < -0.4 is 10.0 Å². The summed E-state index contributed by atoms with van der Waals surface area (Å²) in [6, 6.07) is 8.47. The summed E-state index contributed by atoms with van der Waals surface area (Å²) >= 11 is 0. The van der Waals surface area contributed by atoms with Gasteiger partial charge in [0.05, 0.1) is 29.8 Å². The van der Waals surface area contributed by atoms with Crippen molar-refractivity contribution in [2.24, 2.45) is 0 Å². The first-order chi connectivity index (χ1) is 12.8. The Morgan fingerprint density at radius 3 is 2.56 bits per heavy atom. The molecule has 0 radical (unpaired) electrons. The molecule has 0 spiro atoms. The Morgan fingerprint density at radius 2 is 1.96 bits per heavy atom. The van der Waals surface area contributed by atoms with Crippen molar-refractivity contribution in [1.29, 1.82) is 0 Å². The highest BCUT2D eigenvalue weighted by Crippen LogP contribution is 2.12. The molecule has 1 amide bonds. The van der Waals surface area contributed by atoms with Gasteiger partial charge in [0.25, 0.3) is 5.91 Å². The van der Waals surface area contributed by atoms with Gasteiger partial charge in [-0.25, -0.2) is 13.2 Å². The molecular formula is C18H18N2O6S. The Balaban J connectivity index is 1.93. The van der Waals surface area contributed by atoms with Crippen molar-refractivity contribution in [3.63, 3.8) is 0 Å². The van der Waals surface area contributed by atoms with Crippen LogP contribution in [-0.2, 0) is 26.1 Å². The van der Waals surface area contributed by atoms with Gasteiger partial charge in [0.15, 0.2) is 6.10 Å². The fraction of sp³-hybridized carbons (Fsp3) is 0.222. The molecule has 8 nitrogen and oxygen atoms in total. The maximum absolute atomic E-state index is 12.1. The summed E-state index contributed by atoms with van der Waals surface area (Å²) in [6.45, 7) is 1.46. The Hall–Kier alpha value is -3.09. The summed E-state index contributed by atoms with van der Waals surface area (Å²) in [7, 11) is -3.75. The van der Waals surface area contributed by atoms with E-state index in [1.165, 1.54) is 37.5 Å². The third-order valence-corrected chi connectivity index (χ3v) is 4.85. The van der Waals surface area contributed by atoms with Crippen LogP contribution >= 0.6 is 0 Å². The predicted molar refractivity (Wildman–Crippen MR) is 95.9 cm³/mol. The van der Waals surface area contributed by atoms with E-state index in [0.29, 0.717) is 5.76 Å². The Morgan fingerprint density at radius 1 is 1.26 bits per heavy atom. The lowest BCUT2D eigenvalue weighted by molar-refractivity contribution is -0.129. The van der Waals surface area contributed by atoms with Crippen LogP contribution in [0.2, 0.25) is 0 Å². The third-order valence-electron chi connectivity index (χ3n) is 3.43. The predicted octanol–water partition coefficient (Wildman–Crippen LogP) is 1.05. The number of nitrogens with one attached hydrogen (secondary N) is 2. The molecule has 1 unspecified atom stereocenters. The van der Waals surface area contributed by atoms with Crippen LogP contribution in [0.25, 0.3) is 0 Å². The number of rotatable bonds is 8. The number of amides is 1. The molecule has 2 aromatic rings. The molecule has 1 aromatic carbocycles. The van der Waals surface area contributed by atoms with E-state index >= 15 is 0 Å². The minimum atomic E-state index is -3.75. The topological polar surface area (TPSA) is 115 Å². The molecule has 0 aliphatic carbocycles. The summed E-state index contributed by atoms with van der Waals surface area (Å²) < 4.78 is 36.2. The maximum atomic E-state index is 12.1. The smallest absolute Gasteiger partial charge is 0.338 e. The molecule has 27 heavy (non-hydrogen) atoms. The van der Waals surface area contributed by atoms with Gasteiger partial charge >= 0.3 is 5.97 Å². The summed E-state index contributed by atoms with van der Waals surface area (Å²) in [5.74, 6) is 1.49. The minimum absolute atomic E-state index is 0.0430. The molecule has 2 rings (SSSR count). The van der Waals surface area contributed by atoms with E-state index in [0.717, 1.165) is 0 Å². The first kappa shape index (κ1) is 20.2. The van der Waals surface area contributed by atoms with Crippen LogP contribution in [0.5, 0.6) is 0 Å². The summed E-state index contributed by atoms with van der Waals surface area (Å²) in [5.41, 5.74) is 0.108. The molecule has 0 bridgehead atoms. The number of hydrogen-bond donors (Lipinski definition) is 2. The summed E-state index contributed by atoms with van der Waals surface area (Å²) in [4.78, 5) is 24.0. The number of furan rings is 1. The highest BCUT2D eigenvalue weighted by atomic mass is 32.2. The van der Waals surface area contributed by atoms with Gasteiger partial charge < -0.3 is 14.5 Å². The molecule has 1 heterocycles. The van der Waals surface area contributed by atoms with Crippen LogP contribution in [0.3, 0.4) is 0 Å². The normalized spacial score (nSPS) is 12.0. The number of sulfonamides is 1. The Kier molecular flexibility index (Phi) is 6.76. The van der Waals surface area contributed by atoms with Crippen LogP contribution in [0, 0.1) is 12.3 Å². The Bertz CT molecular complexity index is 927. The van der Waals surface area contributed by atoms with Gasteiger partial charge in [-0.2, -0.15) is 4.72 Å². The number of terminal acetylenes is 1. The van der Waals surface area contributed by atoms with Gasteiger partial charge in [-0.3, -0.25) is 4.79 Å². The van der Waals surface area contributed by atoms with Gasteiger partial charge in [-0.05, 0) is 43.3 Å². The molecule has 0 saturated carbocycles. The van der Waals surface area contributed by atoms with E-state index in [4.69, 9.17) is 15.6 Å². The largest absolute Gasteiger partial charge is 0.467 e. The first-order valence-electron chi connectivity index (χ1n) is 7.88. The van der Waals surface area contributed by atoms with Crippen LogP contribution in [-0.4, -0.2) is 32.9 Å². The zero-order valence-electron chi connectivity index (χ0n) is 14.5. The monoisotopic (exact) mass is 390 g/mol. The molecule has 1 atom stereocenters. The zero-order chi connectivity index (χ0) is 19.9. The van der Waals surface area contributed by atoms with E-state index in [2.05, 4.69) is 16.0 Å². The van der Waals surface area contributed by atoms with E-state index in [1.807, 2.05) is 0 Å². The summed E-state index contributed by atoms with van der Waals surface area (Å²) in [5, 5.41) is 2.58.